The lowest BCUT2D eigenvalue weighted by molar-refractivity contribution is -0.134. The summed E-state index contributed by atoms with van der Waals surface area (Å²) in [5.74, 6) is 1.02. The minimum absolute atomic E-state index is 0.309. The maximum Gasteiger partial charge on any atom is 0.223 e. The second kappa shape index (κ2) is 7.13. The van der Waals surface area contributed by atoms with Gasteiger partial charge < -0.3 is 10.6 Å². The zero-order valence-corrected chi connectivity index (χ0v) is 11.6. The molecule has 18 heavy (non-hydrogen) atoms. The second-order valence-electron chi connectivity index (χ2n) is 6.03. The number of likely N-dealkylation sites (tertiary alicyclic amines) is 1. The molecule has 104 valence electrons. The van der Waals surface area contributed by atoms with E-state index in [0.29, 0.717) is 24.4 Å². The number of carbonyl (C=O) groups excluding carboxylic acids is 1. The van der Waals surface area contributed by atoms with E-state index < -0.39 is 0 Å². The maximum absolute atomic E-state index is 12.5. The number of nitrogens with two attached hydrogens (primary N) is 1. The quantitative estimate of drug-likeness (QED) is 0.839. The Labute approximate surface area is 111 Å². The fourth-order valence-electron chi connectivity index (χ4n) is 3.51. The van der Waals surface area contributed by atoms with Crippen molar-refractivity contribution in [2.24, 2.45) is 11.7 Å². The van der Waals surface area contributed by atoms with Crippen molar-refractivity contribution in [3.8, 4) is 0 Å². The smallest absolute Gasteiger partial charge is 0.223 e. The van der Waals surface area contributed by atoms with Crippen molar-refractivity contribution in [1.29, 1.82) is 0 Å². The third-order valence-corrected chi connectivity index (χ3v) is 4.66. The number of amides is 1. The van der Waals surface area contributed by atoms with Gasteiger partial charge in [0.25, 0.3) is 0 Å². The van der Waals surface area contributed by atoms with Crippen LogP contribution in [0.15, 0.2) is 0 Å². The Kier molecular flexibility index (Phi) is 5.48. The van der Waals surface area contributed by atoms with Crippen LogP contribution in [0.5, 0.6) is 0 Å². The lowest BCUT2D eigenvalue weighted by Gasteiger charge is -2.31. The van der Waals surface area contributed by atoms with Crippen LogP contribution in [0, 0.1) is 5.92 Å². The molecule has 1 saturated carbocycles. The number of hydrogen-bond acceptors (Lipinski definition) is 2. The third-order valence-electron chi connectivity index (χ3n) is 4.66. The zero-order valence-electron chi connectivity index (χ0n) is 11.6. The van der Waals surface area contributed by atoms with E-state index in [1.165, 1.54) is 44.9 Å². The molecule has 2 aliphatic rings. The Morgan fingerprint density at radius 2 is 1.67 bits per heavy atom. The molecular weight excluding hydrogens is 224 g/mol. The molecule has 2 rings (SSSR count). The van der Waals surface area contributed by atoms with Crippen molar-refractivity contribution in [2.75, 3.05) is 13.1 Å². The van der Waals surface area contributed by atoms with Gasteiger partial charge in [-0.3, -0.25) is 4.79 Å². The van der Waals surface area contributed by atoms with Gasteiger partial charge in [0, 0.05) is 25.6 Å². The van der Waals surface area contributed by atoms with Crippen LogP contribution in [0.3, 0.4) is 0 Å². The van der Waals surface area contributed by atoms with E-state index >= 15 is 0 Å². The van der Waals surface area contributed by atoms with Crippen LogP contribution in [0.4, 0.5) is 0 Å². The zero-order chi connectivity index (χ0) is 12.8. The van der Waals surface area contributed by atoms with Crippen LogP contribution in [-0.2, 0) is 4.79 Å². The van der Waals surface area contributed by atoms with Gasteiger partial charge in [0.05, 0.1) is 0 Å². The lowest BCUT2D eigenvalue weighted by Crippen LogP contribution is -2.44. The highest BCUT2D eigenvalue weighted by molar-refractivity contribution is 5.76. The van der Waals surface area contributed by atoms with Crippen LogP contribution in [0.2, 0.25) is 0 Å². The minimum Gasteiger partial charge on any atom is -0.338 e. The van der Waals surface area contributed by atoms with E-state index in [1.807, 2.05) is 0 Å². The van der Waals surface area contributed by atoms with E-state index in [0.717, 1.165) is 25.8 Å². The summed E-state index contributed by atoms with van der Waals surface area (Å²) in [6, 6.07) is 0.309. The first-order chi connectivity index (χ1) is 8.81. The van der Waals surface area contributed by atoms with Gasteiger partial charge in [0.1, 0.15) is 0 Å². The average Bonchev–Trinajstić information content (AvgIpc) is 2.64. The van der Waals surface area contributed by atoms with E-state index in [9.17, 15) is 4.79 Å². The molecule has 0 spiro atoms. The first-order valence-electron chi connectivity index (χ1n) is 7.81. The van der Waals surface area contributed by atoms with E-state index in [1.54, 1.807) is 0 Å². The average molecular weight is 252 g/mol. The van der Waals surface area contributed by atoms with Crippen molar-refractivity contribution >= 4 is 5.91 Å². The summed E-state index contributed by atoms with van der Waals surface area (Å²) in [4.78, 5) is 14.6. The van der Waals surface area contributed by atoms with Crippen molar-refractivity contribution in [3.63, 3.8) is 0 Å². The summed E-state index contributed by atoms with van der Waals surface area (Å²) in [6.45, 7) is 1.57. The molecule has 3 heteroatoms. The number of carbonyl (C=O) groups is 1. The van der Waals surface area contributed by atoms with Gasteiger partial charge in [-0.25, -0.2) is 0 Å². The Hall–Kier alpha value is -0.570. The molecule has 0 aromatic heterocycles. The Morgan fingerprint density at radius 1 is 1.00 bits per heavy atom. The molecule has 3 nitrogen and oxygen atoms in total. The summed E-state index contributed by atoms with van der Waals surface area (Å²) in [7, 11) is 0. The molecule has 2 N–H and O–H groups in total. The summed E-state index contributed by atoms with van der Waals surface area (Å²) in [5.41, 5.74) is 5.84. The fourth-order valence-corrected chi connectivity index (χ4v) is 3.51. The molecule has 1 unspecified atom stereocenters. The van der Waals surface area contributed by atoms with Gasteiger partial charge in [-0.2, -0.15) is 0 Å². The standard InChI is InChI=1S/C15H28N2O/c16-12-14-9-5-2-6-10-17(14)15(18)11-13-7-3-1-4-8-13/h13-14H,1-12,16H2. The van der Waals surface area contributed by atoms with Crippen molar-refractivity contribution < 1.29 is 4.79 Å². The molecule has 0 bridgehead atoms. The van der Waals surface area contributed by atoms with E-state index in [4.69, 9.17) is 5.73 Å². The normalized spacial score (nSPS) is 26.9. The van der Waals surface area contributed by atoms with Crippen molar-refractivity contribution in [3.05, 3.63) is 0 Å². The molecular formula is C15H28N2O. The largest absolute Gasteiger partial charge is 0.338 e. The first-order valence-corrected chi connectivity index (χ1v) is 7.81. The molecule has 2 fully saturated rings. The minimum atomic E-state index is 0.309. The van der Waals surface area contributed by atoms with Gasteiger partial charge >= 0.3 is 0 Å². The number of rotatable bonds is 3. The van der Waals surface area contributed by atoms with Crippen LogP contribution < -0.4 is 5.73 Å². The molecule has 1 amide bonds. The van der Waals surface area contributed by atoms with E-state index in [2.05, 4.69) is 4.90 Å². The summed E-state index contributed by atoms with van der Waals surface area (Å²) >= 11 is 0. The molecule has 0 aromatic carbocycles. The molecule has 0 aromatic rings. The highest BCUT2D eigenvalue weighted by Gasteiger charge is 2.26. The van der Waals surface area contributed by atoms with Gasteiger partial charge in [0.15, 0.2) is 0 Å². The van der Waals surface area contributed by atoms with Crippen molar-refractivity contribution in [1.82, 2.24) is 4.90 Å². The predicted molar refractivity (Wildman–Crippen MR) is 74.2 cm³/mol. The first kappa shape index (κ1) is 13.9. The fraction of sp³-hybridized carbons (Fsp3) is 0.933. The highest BCUT2D eigenvalue weighted by atomic mass is 16.2. The summed E-state index contributed by atoms with van der Waals surface area (Å²) in [5, 5.41) is 0. The molecule has 1 aliphatic heterocycles. The Morgan fingerprint density at radius 3 is 2.39 bits per heavy atom. The van der Waals surface area contributed by atoms with Crippen molar-refractivity contribution in [2.45, 2.75) is 70.3 Å². The monoisotopic (exact) mass is 252 g/mol. The van der Waals surface area contributed by atoms with Crippen LogP contribution >= 0.6 is 0 Å². The summed E-state index contributed by atoms with van der Waals surface area (Å²) in [6.07, 6.45) is 12.0. The maximum atomic E-state index is 12.5. The van der Waals surface area contributed by atoms with Crippen LogP contribution in [-0.4, -0.2) is 29.9 Å². The Bertz CT molecular complexity index is 261. The van der Waals surface area contributed by atoms with Gasteiger partial charge in [-0.05, 0) is 31.6 Å². The second-order valence-corrected chi connectivity index (χ2v) is 6.03. The predicted octanol–water partition coefficient (Wildman–Crippen LogP) is 2.69. The number of hydrogen-bond donors (Lipinski definition) is 1. The number of nitrogens with zero attached hydrogens (tertiary/aromatic N) is 1. The molecule has 1 heterocycles. The van der Waals surface area contributed by atoms with Crippen LogP contribution in [0.1, 0.15) is 64.2 Å². The third kappa shape index (κ3) is 3.71. The Balaban J connectivity index is 1.88. The lowest BCUT2D eigenvalue weighted by atomic mass is 9.86. The molecule has 0 radical (unpaired) electrons. The van der Waals surface area contributed by atoms with Crippen LogP contribution in [0.25, 0.3) is 0 Å². The van der Waals surface area contributed by atoms with E-state index in [-0.39, 0.29) is 0 Å². The summed E-state index contributed by atoms with van der Waals surface area (Å²) < 4.78 is 0. The topological polar surface area (TPSA) is 46.3 Å². The molecule has 1 atom stereocenters. The van der Waals surface area contributed by atoms with Gasteiger partial charge in [-0.1, -0.05) is 32.1 Å². The SMILES string of the molecule is NCC1CCCCCN1C(=O)CC1CCCCC1. The van der Waals surface area contributed by atoms with Gasteiger partial charge in [-0.15, -0.1) is 0 Å². The molecule has 1 saturated heterocycles. The van der Waals surface area contributed by atoms with Gasteiger partial charge in [0.2, 0.25) is 5.91 Å². The highest BCUT2D eigenvalue weighted by Crippen LogP contribution is 2.28. The molecule has 1 aliphatic carbocycles.